The van der Waals surface area contributed by atoms with E-state index in [4.69, 9.17) is 9.47 Å². The second-order valence-corrected chi connectivity index (χ2v) is 9.73. The standard InChI is InChI=1S/C29H30FN5O5/c1-39-23-17-24(40-2)32-26(31-23)25(18-7-9-20(30)10-8-18)33-27(36)19-11-13-34(14-12-19)15-16-35-28(37)21-5-3-4-6-22(21)29(35)38/h3-10,17,19,25H,11-16H2,1-2H3,(H,33,36). The van der Waals surface area contributed by atoms with Crippen LogP contribution < -0.4 is 14.8 Å². The lowest BCUT2D eigenvalue weighted by atomic mass is 9.95. The number of hydrogen-bond acceptors (Lipinski definition) is 8. The molecule has 3 aromatic rings. The molecule has 2 aliphatic rings. The summed E-state index contributed by atoms with van der Waals surface area (Å²) in [6.45, 7) is 2.12. The van der Waals surface area contributed by atoms with E-state index >= 15 is 0 Å². The summed E-state index contributed by atoms with van der Waals surface area (Å²) in [4.78, 5) is 50.9. The Morgan fingerprint density at radius 2 is 1.52 bits per heavy atom. The minimum atomic E-state index is -0.746. The van der Waals surface area contributed by atoms with E-state index in [1.807, 2.05) is 0 Å². The van der Waals surface area contributed by atoms with Crippen LogP contribution in [0.5, 0.6) is 11.8 Å². The molecular formula is C29H30FN5O5. The second-order valence-electron chi connectivity index (χ2n) is 9.73. The summed E-state index contributed by atoms with van der Waals surface area (Å²) in [5.41, 5.74) is 1.50. The Bertz CT molecular complexity index is 1350. The van der Waals surface area contributed by atoms with Gasteiger partial charge in [-0.3, -0.25) is 19.3 Å². The molecule has 0 spiro atoms. The van der Waals surface area contributed by atoms with E-state index < -0.39 is 11.9 Å². The van der Waals surface area contributed by atoms with Crippen molar-refractivity contribution in [3.05, 3.63) is 82.9 Å². The molecule has 3 heterocycles. The molecule has 10 nitrogen and oxygen atoms in total. The Labute approximate surface area is 231 Å². The van der Waals surface area contributed by atoms with E-state index in [0.29, 0.717) is 55.7 Å². The van der Waals surface area contributed by atoms with Crippen molar-refractivity contribution >= 4 is 17.7 Å². The number of piperidine rings is 1. The van der Waals surface area contributed by atoms with E-state index in [-0.39, 0.29) is 41.2 Å². The maximum atomic E-state index is 13.6. The second kappa shape index (κ2) is 11.8. The van der Waals surface area contributed by atoms with Gasteiger partial charge in [0, 0.05) is 19.0 Å². The molecule has 1 aromatic heterocycles. The van der Waals surface area contributed by atoms with Crippen LogP contribution in [-0.2, 0) is 4.79 Å². The van der Waals surface area contributed by atoms with Crippen molar-refractivity contribution in [1.82, 2.24) is 25.1 Å². The van der Waals surface area contributed by atoms with Gasteiger partial charge in [-0.2, -0.15) is 9.97 Å². The summed E-state index contributed by atoms with van der Waals surface area (Å²) in [5.74, 6) is -0.549. The molecular weight excluding hydrogens is 517 g/mol. The number of nitrogens with zero attached hydrogens (tertiary/aromatic N) is 4. The molecule has 0 aliphatic carbocycles. The van der Waals surface area contributed by atoms with Gasteiger partial charge in [-0.05, 0) is 55.8 Å². The van der Waals surface area contributed by atoms with Crippen LogP contribution in [-0.4, -0.2) is 77.9 Å². The summed E-state index contributed by atoms with van der Waals surface area (Å²) in [6.07, 6.45) is 1.21. The summed E-state index contributed by atoms with van der Waals surface area (Å²) in [6, 6.07) is 13.4. The molecule has 2 aromatic carbocycles. The number of aromatic nitrogens is 2. The zero-order chi connectivity index (χ0) is 28.2. The maximum Gasteiger partial charge on any atom is 0.261 e. The monoisotopic (exact) mass is 547 g/mol. The maximum absolute atomic E-state index is 13.6. The summed E-state index contributed by atoms with van der Waals surface area (Å²) >= 11 is 0. The van der Waals surface area contributed by atoms with Gasteiger partial charge in [-0.25, -0.2) is 4.39 Å². The molecule has 40 heavy (non-hydrogen) atoms. The first-order chi connectivity index (χ1) is 19.4. The minimum Gasteiger partial charge on any atom is -0.481 e. The third kappa shape index (κ3) is 5.64. The molecule has 1 saturated heterocycles. The highest BCUT2D eigenvalue weighted by Gasteiger charge is 2.35. The first-order valence-corrected chi connectivity index (χ1v) is 13.1. The highest BCUT2D eigenvalue weighted by Crippen LogP contribution is 2.27. The highest BCUT2D eigenvalue weighted by molar-refractivity contribution is 6.21. The number of carbonyl (C=O) groups is 3. The topological polar surface area (TPSA) is 114 Å². The fraction of sp³-hybridized carbons (Fsp3) is 0.345. The third-order valence-corrected chi connectivity index (χ3v) is 7.34. The predicted octanol–water partition coefficient (Wildman–Crippen LogP) is 2.85. The zero-order valence-electron chi connectivity index (χ0n) is 22.3. The molecule has 1 unspecified atom stereocenters. The van der Waals surface area contributed by atoms with Gasteiger partial charge in [0.25, 0.3) is 11.8 Å². The van der Waals surface area contributed by atoms with Gasteiger partial charge in [-0.1, -0.05) is 24.3 Å². The molecule has 3 amide bonds. The summed E-state index contributed by atoms with van der Waals surface area (Å²) in [5, 5.41) is 3.04. The zero-order valence-corrected chi connectivity index (χ0v) is 22.3. The molecule has 1 fully saturated rings. The van der Waals surface area contributed by atoms with Gasteiger partial charge in [0.2, 0.25) is 17.7 Å². The molecule has 1 atom stereocenters. The Morgan fingerprint density at radius 1 is 0.950 bits per heavy atom. The average molecular weight is 548 g/mol. The van der Waals surface area contributed by atoms with Crippen molar-refractivity contribution < 1.29 is 28.2 Å². The molecule has 11 heteroatoms. The lowest BCUT2D eigenvalue weighted by Crippen LogP contribution is -2.45. The number of likely N-dealkylation sites (tertiary alicyclic amines) is 1. The fourth-order valence-electron chi connectivity index (χ4n) is 5.07. The van der Waals surface area contributed by atoms with Crippen LogP contribution in [0.3, 0.4) is 0 Å². The van der Waals surface area contributed by atoms with E-state index in [0.717, 1.165) is 0 Å². The molecule has 5 rings (SSSR count). The fourth-order valence-corrected chi connectivity index (χ4v) is 5.07. The largest absolute Gasteiger partial charge is 0.481 e. The SMILES string of the molecule is COc1cc(OC)nc(C(NC(=O)C2CCN(CCN3C(=O)c4ccccc4C3=O)CC2)c2ccc(F)cc2)n1. The van der Waals surface area contributed by atoms with Crippen LogP contribution in [0.4, 0.5) is 4.39 Å². The van der Waals surface area contributed by atoms with E-state index in [1.165, 1.54) is 37.3 Å². The number of imide groups is 1. The van der Waals surface area contributed by atoms with E-state index in [1.54, 1.807) is 36.4 Å². The van der Waals surface area contributed by atoms with E-state index in [9.17, 15) is 18.8 Å². The Kier molecular flexibility index (Phi) is 8.01. The van der Waals surface area contributed by atoms with Crippen molar-refractivity contribution in [3.8, 4) is 11.8 Å². The molecule has 2 aliphatic heterocycles. The molecule has 0 bridgehead atoms. The van der Waals surface area contributed by atoms with Crippen molar-refractivity contribution in [1.29, 1.82) is 0 Å². The molecule has 0 saturated carbocycles. The van der Waals surface area contributed by atoms with Crippen LogP contribution in [0.1, 0.15) is 51.0 Å². The number of rotatable bonds is 9. The highest BCUT2D eigenvalue weighted by atomic mass is 19.1. The molecule has 208 valence electrons. The number of fused-ring (bicyclic) bond motifs is 1. The minimum absolute atomic E-state index is 0.167. The van der Waals surface area contributed by atoms with Crippen molar-refractivity contribution in [2.75, 3.05) is 40.4 Å². The first kappa shape index (κ1) is 27.2. The number of amides is 3. The number of hydrogen-bond donors (Lipinski definition) is 1. The number of nitrogens with one attached hydrogen (secondary N) is 1. The van der Waals surface area contributed by atoms with Crippen molar-refractivity contribution in [3.63, 3.8) is 0 Å². The van der Waals surface area contributed by atoms with Crippen LogP contribution >= 0.6 is 0 Å². The van der Waals surface area contributed by atoms with Crippen molar-refractivity contribution in [2.24, 2.45) is 5.92 Å². The van der Waals surface area contributed by atoms with Crippen LogP contribution in [0.25, 0.3) is 0 Å². The normalized spacial score (nSPS) is 16.5. The summed E-state index contributed by atoms with van der Waals surface area (Å²) in [7, 11) is 2.94. The predicted molar refractivity (Wildman–Crippen MR) is 142 cm³/mol. The first-order valence-electron chi connectivity index (χ1n) is 13.1. The lowest BCUT2D eigenvalue weighted by molar-refractivity contribution is -0.127. The number of halogens is 1. The van der Waals surface area contributed by atoms with Crippen LogP contribution in [0, 0.1) is 11.7 Å². The third-order valence-electron chi connectivity index (χ3n) is 7.34. The lowest BCUT2D eigenvalue weighted by Gasteiger charge is -2.32. The Balaban J connectivity index is 1.22. The van der Waals surface area contributed by atoms with Gasteiger partial charge in [-0.15, -0.1) is 0 Å². The van der Waals surface area contributed by atoms with Crippen LogP contribution in [0.15, 0.2) is 54.6 Å². The van der Waals surface area contributed by atoms with E-state index in [2.05, 4.69) is 20.2 Å². The van der Waals surface area contributed by atoms with Gasteiger partial charge in [0.1, 0.15) is 11.9 Å². The van der Waals surface area contributed by atoms with Crippen LogP contribution in [0.2, 0.25) is 0 Å². The van der Waals surface area contributed by atoms with Gasteiger partial charge in [0.15, 0.2) is 5.82 Å². The smallest absolute Gasteiger partial charge is 0.261 e. The quantitative estimate of drug-likeness (QED) is 0.407. The number of ether oxygens (including phenoxy) is 2. The number of benzene rings is 2. The molecule has 0 radical (unpaired) electrons. The number of carbonyl (C=O) groups excluding carboxylic acids is 3. The Hall–Kier alpha value is -4.38. The average Bonchev–Trinajstić information content (AvgIpc) is 3.23. The van der Waals surface area contributed by atoms with Gasteiger partial charge in [0.05, 0.1) is 31.4 Å². The van der Waals surface area contributed by atoms with Gasteiger partial charge >= 0.3 is 0 Å². The van der Waals surface area contributed by atoms with Gasteiger partial charge < -0.3 is 19.7 Å². The Morgan fingerprint density at radius 3 is 2.08 bits per heavy atom. The van der Waals surface area contributed by atoms with Crippen molar-refractivity contribution in [2.45, 2.75) is 18.9 Å². The number of methoxy groups -OCH3 is 2. The molecule has 1 N–H and O–H groups in total. The summed E-state index contributed by atoms with van der Waals surface area (Å²) < 4.78 is 24.2.